The van der Waals surface area contributed by atoms with E-state index in [0.29, 0.717) is 5.56 Å². The first-order valence-corrected chi connectivity index (χ1v) is 7.14. The molecule has 0 aliphatic heterocycles. The SMILES string of the molecule is COc1ccc(C(=O)c2c(C)c(C)c(C)c(C)c2C)cc1. The van der Waals surface area contributed by atoms with Crippen molar-refractivity contribution in [1.29, 1.82) is 0 Å². The van der Waals surface area contributed by atoms with Crippen LogP contribution in [0, 0.1) is 34.6 Å². The Kier molecular flexibility index (Phi) is 4.17. The van der Waals surface area contributed by atoms with Crippen molar-refractivity contribution in [3.8, 4) is 5.75 Å². The molecule has 0 bridgehead atoms. The highest BCUT2D eigenvalue weighted by atomic mass is 16.5. The summed E-state index contributed by atoms with van der Waals surface area (Å²) in [6.07, 6.45) is 0. The van der Waals surface area contributed by atoms with Crippen LogP contribution in [0.15, 0.2) is 24.3 Å². The Balaban J connectivity index is 2.58. The highest BCUT2D eigenvalue weighted by Crippen LogP contribution is 2.28. The third-order valence-corrected chi connectivity index (χ3v) is 4.58. The van der Waals surface area contributed by atoms with Gasteiger partial charge < -0.3 is 4.74 Å². The first-order valence-electron chi connectivity index (χ1n) is 7.14. The molecule has 0 aromatic heterocycles. The molecule has 2 heteroatoms. The van der Waals surface area contributed by atoms with Gasteiger partial charge in [-0.1, -0.05) is 0 Å². The van der Waals surface area contributed by atoms with E-state index in [0.717, 1.165) is 22.4 Å². The molecule has 0 amide bonds. The van der Waals surface area contributed by atoms with Crippen LogP contribution in [-0.4, -0.2) is 12.9 Å². The first-order chi connectivity index (χ1) is 9.88. The first kappa shape index (κ1) is 15.3. The zero-order valence-electron chi connectivity index (χ0n) is 13.6. The molecule has 2 nitrogen and oxygen atoms in total. The van der Waals surface area contributed by atoms with Crippen molar-refractivity contribution in [3.63, 3.8) is 0 Å². The lowest BCUT2D eigenvalue weighted by molar-refractivity contribution is 0.103. The van der Waals surface area contributed by atoms with Gasteiger partial charge in [0.25, 0.3) is 0 Å². The van der Waals surface area contributed by atoms with Gasteiger partial charge >= 0.3 is 0 Å². The van der Waals surface area contributed by atoms with Gasteiger partial charge in [0, 0.05) is 11.1 Å². The molecule has 0 saturated carbocycles. The highest BCUT2D eigenvalue weighted by Gasteiger charge is 2.19. The average Bonchev–Trinajstić information content (AvgIpc) is 2.51. The van der Waals surface area contributed by atoms with E-state index in [1.165, 1.54) is 16.7 Å². The van der Waals surface area contributed by atoms with E-state index in [2.05, 4.69) is 20.8 Å². The summed E-state index contributed by atoms with van der Waals surface area (Å²) in [5, 5.41) is 0. The van der Waals surface area contributed by atoms with Crippen molar-refractivity contribution in [2.75, 3.05) is 7.11 Å². The zero-order valence-corrected chi connectivity index (χ0v) is 13.6. The number of carbonyl (C=O) groups excluding carboxylic acids is 1. The van der Waals surface area contributed by atoms with Gasteiger partial charge in [0.2, 0.25) is 0 Å². The van der Waals surface area contributed by atoms with Crippen LogP contribution >= 0.6 is 0 Å². The minimum atomic E-state index is 0.0823. The standard InChI is InChI=1S/C19H22O2/c1-11-12(2)14(4)18(15(5)13(11)3)19(20)16-7-9-17(21-6)10-8-16/h7-10H,1-6H3. The van der Waals surface area contributed by atoms with Gasteiger partial charge in [0.1, 0.15) is 5.75 Å². The molecule has 0 N–H and O–H groups in total. The maximum atomic E-state index is 12.9. The number of hydrogen-bond donors (Lipinski definition) is 0. The number of ether oxygens (including phenoxy) is 1. The molecule has 0 heterocycles. The third-order valence-electron chi connectivity index (χ3n) is 4.58. The molecule has 21 heavy (non-hydrogen) atoms. The fourth-order valence-electron chi connectivity index (χ4n) is 2.73. The van der Waals surface area contributed by atoms with E-state index in [1.807, 2.05) is 38.1 Å². The van der Waals surface area contributed by atoms with Crippen LogP contribution in [0.4, 0.5) is 0 Å². The number of benzene rings is 2. The van der Waals surface area contributed by atoms with Gasteiger partial charge in [-0.3, -0.25) is 4.79 Å². The van der Waals surface area contributed by atoms with Crippen LogP contribution in [0.2, 0.25) is 0 Å². The molecule has 2 rings (SSSR count). The fourth-order valence-corrected chi connectivity index (χ4v) is 2.73. The predicted octanol–water partition coefficient (Wildman–Crippen LogP) is 4.47. The van der Waals surface area contributed by atoms with Crippen molar-refractivity contribution in [2.24, 2.45) is 0 Å². The largest absolute Gasteiger partial charge is 0.497 e. The quantitative estimate of drug-likeness (QED) is 0.776. The van der Waals surface area contributed by atoms with Crippen LogP contribution in [0.25, 0.3) is 0 Å². The number of methoxy groups -OCH3 is 1. The lowest BCUT2D eigenvalue weighted by atomic mass is 9.86. The number of carbonyl (C=O) groups is 1. The summed E-state index contributed by atoms with van der Waals surface area (Å²) in [6, 6.07) is 7.30. The molecule has 0 spiro atoms. The second-order valence-corrected chi connectivity index (χ2v) is 5.56. The van der Waals surface area contributed by atoms with E-state index in [1.54, 1.807) is 7.11 Å². The van der Waals surface area contributed by atoms with Crippen LogP contribution in [0.1, 0.15) is 43.7 Å². The van der Waals surface area contributed by atoms with Crippen LogP contribution in [-0.2, 0) is 0 Å². The Morgan fingerprint density at radius 3 is 1.62 bits per heavy atom. The summed E-state index contributed by atoms with van der Waals surface area (Å²) in [6.45, 7) is 10.4. The zero-order chi connectivity index (χ0) is 15.7. The van der Waals surface area contributed by atoms with Crippen LogP contribution in [0.3, 0.4) is 0 Å². The molecule has 0 atom stereocenters. The number of hydrogen-bond acceptors (Lipinski definition) is 2. The van der Waals surface area contributed by atoms with Crippen molar-refractivity contribution in [2.45, 2.75) is 34.6 Å². The van der Waals surface area contributed by atoms with Crippen molar-refractivity contribution < 1.29 is 9.53 Å². The van der Waals surface area contributed by atoms with Crippen molar-refractivity contribution in [3.05, 3.63) is 63.2 Å². The fraction of sp³-hybridized carbons (Fsp3) is 0.316. The smallest absolute Gasteiger partial charge is 0.193 e. The summed E-state index contributed by atoms with van der Waals surface area (Å²) in [4.78, 5) is 12.9. The van der Waals surface area contributed by atoms with Gasteiger partial charge in [0.15, 0.2) is 5.78 Å². The molecule has 0 fully saturated rings. The van der Waals surface area contributed by atoms with E-state index < -0.39 is 0 Å². The van der Waals surface area contributed by atoms with E-state index in [4.69, 9.17) is 4.74 Å². The van der Waals surface area contributed by atoms with Gasteiger partial charge in [-0.2, -0.15) is 0 Å². The average molecular weight is 282 g/mol. The number of rotatable bonds is 3. The predicted molar refractivity (Wildman–Crippen MR) is 86.6 cm³/mol. The second kappa shape index (κ2) is 5.72. The highest BCUT2D eigenvalue weighted by molar-refractivity contribution is 6.11. The third kappa shape index (κ3) is 2.58. The molecule has 2 aromatic carbocycles. The minimum absolute atomic E-state index is 0.0823. The monoisotopic (exact) mass is 282 g/mol. The summed E-state index contributed by atoms with van der Waals surface area (Å²) in [7, 11) is 1.62. The lowest BCUT2D eigenvalue weighted by Gasteiger charge is -2.18. The molecular weight excluding hydrogens is 260 g/mol. The van der Waals surface area contributed by atoms with Crippen LogP contribution in [0.5, 0.6) is 5.75 Å². The minimum Gasteiger partial charge on any atom is -0.497 e. The molecule has 0 aliphatic carbocycles. The molecule has 2 aromatic rings. The summed E-state index contributed by atoms with van der Waals surface area (Å²) >= 11 is 0. The normalized spacial score (nSPS) is 10.6. The van der Waals surface area contributed by atoms with E-state index in [9.17, 15) is 4.79 Å². The molecule has 0 unspecified atom stereocenters. The van der Waals surface area contributed by atoms with Gasteiger partial charge in [-0.15, -0.1) is 0 Å². The van der Waals surface area contributed by atoms with Crippen molar-refractivity contribution in [1.82, 2.24) is 0 Å². The van der Waals surface area contributed by atoms with Crippen LogP contribution < -0.4 is 4.74 Å². The maximum absolute atomic E-state index is 12.9. The number of ketones is 1. The van der Waals surface area contributed by atoms with Gasteiger partial charge in [-0.25, -0.2) is 0 Å². The molecule has 0 radical (unpaired) electrons. The van der Waals surface area contributed by atoms with Crippen molar-refractivity contribution >= 4 is 5.78 Å². The summed E-state index contributed by atoms with van der Waals surface area (Å²) in [5.41, 5.74) is 7.37. The van der Waals surface area contributed by atoms with Gasteiger partial charge in [-0.05, 0) is 86.7 Å². The maximum Gasteiger partial charge on any atom is 0.193 e. The Hall–Kier alpha value is -2.09. The summed E-state index contributed by atoms with van der Waals surface area (Å²) < 4.78 is 5.14. The van der Waals surface area contributed by atoms with Gasteiger partial charge in [0.05, 0.1) is 7.11 Å². The topological polar surface area (TPSA) is 26.3 Å². The summed E-state index contributed by atoms with van der Waals surface area (Å²) in [5.74, 6) is 0.843. The Morgan fingerprint density at radius 2 is 1.19 bits per heavy atom. The molecule has 110 valence electrons. The Morgan fingerprint density at radius 1 is 0.762 bits per heavy atom. The Bertz CT molecular complexity index is 665. The van der Waals surface area contributed by atoms with E-state index in [-0.39, 0.29) is 5.78 Å². The second-order valence-electron chi connectivity index (χ2n) is 5.56. The Labute approximate surface area is 126 Å². The van der Waals surface area contributed by atoms with E-state index >= 15 is 0 Å². The molecule has 0 aliphatic rings. The molecular formula is C19H22O2. The molecule has 0 saturated heterocycles. The lowest BCUT2D eigenvalue weighted by Crippen LogP contribution is -2.10.